The summed E-state index contributed by atoms with van der Waals surface area (Å²) in [4.78, 5) is 5.23. The van der Waals surface area contributed by atoms with Crippen LogP contribution in [0.25, 0.3) is 0 Å². The summed E-state index contributed by atoms with van der Waals surface area (Å²) >= 11 is 0. The van der Waals surface area contributed by atoms with Gasteiger partial charge in [-0.25, -0.2) is 0 Å². The van der Waals surface area contributed by atoms with Crippen molar-refractivity contribution >= 4 is 0 Å². The van der Waals surface area contributed by atoms with Crippen LogP contribution in [-0.4, -0.2) is 60.6 Å². The molecule has 4 nitrogen and oxygen atoms in total. The van der Waals surface area contributed by atoms with Crippen LogP contribution < -0.4 is 5.32 Å². The predicted octanol–water partition coefficient (Wildman–Crippen LogP) is 1.83. The lowest BCUT2D eigenvalue weighted by atomic mass is 9.79. The van der Waals surface area contributed by atoms with Crippen LogP contribution in [0.2, 0.25) is 0 Å². The second-order valence-corrected chi connectivity index (χ2v) is 6.52. The lowest BCUT2D eigenvalue weighted by Gasteiger charge is -2.45. The maximum absolute atomic E-state index is 9.47. The zero-order valence-corrected chi connectivity index (χ0v) is 13.4. The van der Waals surface area contributed by atoms with E-state index in [-0.39, 0.29) is 5.54 Å². The standard InChI is InChI=1S/C16H30N4/c1-4-14(2)19-8-10-20(11-9-19)15-6-5-7-16(12-15,13-17)18-3/h14-15,18H,4-12H2,1-3H3. The number of nitriles is 1. The molecule has 0 aromatic carbocycles. The van der Waals surface area contributed by atoms with Crippen molar-refractivity contribution in [1.82, 2.24) is 15.1 Å². The van der Waals surface area contributed by atoms with Crippen molar-refractivity contribution in [3.63, 3.8) is 0 Å². The largest absolute Gasteiger partial charge is 0.302 e. The van der Waals surface area contributed by atoms with E-state index in [0.717, 1.165) is 12.8 Å². The minimum absolute atomic E-state index is 0.281. The Morgan fingerprint density at radius 1 is 1.35 bits per heavy atom. The zero-order valence-electron chi connectivity index (χ0n) is 13.4. The van der Waals surface area contributed by atoms with Crippen molar-refractivity contribution in [2.75, 3.05) is 33.2 Å². The Morgan fingerprint density at radius 2 is 2.05 bits per heavy atom. The van der Waals surface area contributed by atoms with E-state index in [1.807, 2.05) is 7.05 Å². The average Bonchev–Trinajstić information content (AvgIpc) is 2.54. The number of nitrogens with zero attached hydrogens (tertiary/aromatic N) is 3. The molecule has 2 fully saturated rings. The number of piperazine rings is 1. The Hall–Kier alpha value is -0.630. The molecule has 0 bridgehead atoms. The van der Waals surface area contributed by atoms with Gasteiger partial charge in [-0.15, -0.1) is 0 Å². The molecule has 1 saturated heterocycles. The van der Waals surface area contributed by atoms with Gasteiger partial charge in [-0.05, 0) is 46.1 Å². The van der Waals surface area contributed by atoms with Crippen LogP contribution >= 0.6 is 0 Å². The van der Waals surface area contributed by atoms with Gasteiger partial charge in [0.15, 0.2) is 0 Å². The molecule has 114 valence electrons. The molecular formula is C16H30N4. The maximum atomic E-state index is 9.47. The third-order valence-corrected chi connectivity index (χ3v) is 5.50. The molecule has 1 N–H and O–H groups in total. The minimum Gasteiger partial charge on any atom is -0.302 e. The van der Waals surface area contributed by atoms with Gasteiger partial charge in [-0.3, -0.25) is 9.80 Å². The van der Waals surface area contributed by atoms with Gasteiger partial charge in [0.1, 0.15) is 5.54 Å². The van der Waals surface area contributed by atoms with E-state index in [1.54, 1.807) is 0 Å². The molecule has 1 saturated carbocycles. The summed E-state index contributed by atoms with van der Waals surface area (Å²) in [6.45, 7) is 9.31. The highest BCUT2D eigenvalue weighted by atomic mass is 15.3. The van der Waals surface area contributed by atoms with E-state index >= 15 is 0 Å². The van der Waals surface area contributed by atoms with Crippen molar-refractivity contribution < 1.29 is 0 Å². The van der Waals surface area contributed by atoms with Crippen molar-refractivity contribution in [3.05, 3.63) is 0 Å². The molecule has 0 aromatic rings. The molecule has 1 aliphatic carbocycles. The van der Waals surface area contributed by atoms with Crippen molar-refractivity contribution in [1.29, 1.82) is 5.26 Å². The Kier molecular flexibility index (Phi) is 5.42. The highest BCUT2D eigenvalue weighted by molar-refractivity contribution is 5.10. The molecule has 4 heteroatoms. The van der Waals surface area contributed by atoms with Crippen LogP contribution in [0.1, 0.15) is 46.0 Å². The second-order valence-electron chi connectivity index (χ2n) is 6.52. The van der Waals surface area contributed by atoms with E-state index in [0.29, 0.717) is 12.1 Å². The van der Waals surface area contributed by atoms with E-state index in [9.17, 15) is 5.26 Å². The molecular weight excluding hydrogens is 248 g/mol. The van der Waals surface area contributed by atoms with Crippen molar-refractivity contribution in [2.24, 2.45) is 0 Å². The van der Waals surface area contributed by atoms with Crippen molar-refractivity contribution in [2.45, 2.75) is 63.6 Å². The highest BCUT2D eigenvalue weighted by Crippen LogP contribution is 2.31. The van der Waals surface area contributed by atoms with Crippen LogP contribution in [0.4, 0.5) is 0 Å². The first-order chi connectivity index (χ1) is 9.64. The molecule has 3 unspecified atom stereocenters. The molecule has 1 aliphatic heterocycles. The lowest BCUT2D eigenvalue weighted by molar-refractivity contribution is 0.0481. The van der Waals surface area contributed by atoms with Gasteiger partial charge in [0.2, 0.25) is 0 Å². The van der Waals surface area contributed by atoms with Gasteiger partial charge in [0, 0.05) is 38.3 Å². The molecule has 20 heavy (non-hydrogen) atoms. The third kappa shape index (κ3) is 3.33. The second kappa shape index (κ2) is 6.89. The fourth-order valence-electron chi connectivity index (χ4n) is 3.74. The van der Waals surface area contributed by atoms with Gasteiger partial charge in [-0.2, -0.15) is 5.26 Å². The molecule has 0 amide bonds. The molecule has 0 aromatic heterocycles. The van der Waals surface area contributed by atoms with Crippen LogP contribution in [0, 0.1) is 11.3 Å². The minimum atomic E-state index is -0.281. The predicted molar refractivity (Wildman–Crippen MR) is 82.6 cm³/mol. The molecule has 2 rings (SSSR count). The molecule has 3 atom stereocenters. The summed E-state index contributed by atoms with van der Waals surface area (Å²) in [5, 5.41) is 12.7. The van der Waals surface area contributed by atoms with E-state index < -0.39 is 0 Å². The zero-order chi connectivity index (χ0) is 14.6. The van der Waals surface area contributed by atoms with Crippen molar-refractivity contribution in [3.8, 4) is 6.07 Å². The quantitative estimate of drug-likeness (QED) is 0.852. The maximum Gasteiger partial charge on any atom is 0.108 e. The first kappa shape index (κ1) is 15.8. The fourth-order valence-corrected chi connectivity index (χ4v) is 3.74. The number of nitrogens with one attached hydrogen (secondary N) is 1. The Bertz CT molecular complexity index is 343. The number of hydrogen-bond acceptors (Lipinski definition) is 4. The SMILES string of the molecule is CCC(C)N1CCN(C2CCCC(C#N)(NC)C2)CC1. The van der Waals surface area contributed by atoms with E-state index in [2.05, 4.69) is 35.0 Å². The van der Waals surface area contributed by atoms with Gasteiger partial charge in [0.05, 0.1) is 6.07 Å². The Labute approximate surface area is 124 Å². The van der Waals surface area contributed by atoms with Gasteiger partial charge in [-0.1, -0.05) is 6.92 Å². The van der Waals surface area contributed by atoms with Gasteiger partial charge >= 0.3 is 0 Å². The fraction of sp³-hybridized carbons (Fsp3) is 0.938. The Balaban J connectivity index is 1.89. The molecule has 0 radical (unpaired) electrons. The third-order valence-electron chi connectivity index (χ3n) is 5.50. The lowest BCUT2D eigenvalue weighted by Crippen LogP contribution is -2.57. The van der Waals surface area contributed by atoms with Crippen LogP contribution in [0.3, 0.4) is 0 Å². The smallest absolute Gasteiger partial charge is 0.108 e. The molecule has 0 spiro atoms. The molecule has 1 heterocycles. The molecule has 2 aliphatic rings. The van der Waals surface area contributed by atoms with Gasteiger partial charge in [0.25, 0.3) is 0 Å². The summed E-state index contributed by atoms with van der Waals surface area (Å²) in [7, 11) is 1.94. The number of hydrogen-bond donors (Lipinski definition) is 1. The van der Waals surface area contributed by atoms with Crippen LogP contribution in [-0.2, 0) is 0 Å². The number of rotatable bonds is 4. The first-order valence-electron chi connectivity index (χ1n) is 8.22. The summed E-state index contributed by atoms with van der Waals surface area (Å²) in [6.07, 6.45) is 5.66. The first-order valence-corrected chi connectivity index (χ1v) is 8.22. The summed E-state index contributed by atoms with van der Waals surface area (Å²) in [5.74, 6) is 0. The average molecular weight is 278 g/mol. The topological polar surface area (TPSA) is 42.3 Å². The summed E-state index contributed by atoms with van der Waals surface area (Å²) in [5.41, 5.74) is -0.281. The Morgan fingerprint density at radius 3 is 2.60 bits per heavy atom. The summed E-state index contributed by atoms with van der Waals surface area (Å²) in [6, 6.07) is 3.82. The summed E-state index contributed by atoms with van der Waals surface area (Å²) < 4.78 is 0. The van der Waals surface area contributed by atoms with Crippen LogP contribution in [0.15, 0.2) is 0 Å². The van der Waals surface area contributed by atoms with E-state index in [1.165, 1.54) is 45.4 Å². The van der Waals surface area contributed by atoms with Crippen LogP contribution in [0.5, 0.6) is 0 Å². The normalized spacial score (nSPS) is 34.6. The monoisotopic (exact) mass is 278 g/mol. The van der Waals surface area contributed by atoms with E-state index in [4.69, 9.17) is 0 Å². The highest BCUT2D eigenvalue weighted by Gasteiger charge is 2.38. The van der Waals surface area contributed by atoms with Gasteiger partial charge < -0.3 is 5.32 Å².